The van der Waals surface area contributed by atoms with E-state index in [-0.39, 0.29) is 5.54 Å². The van der Waals surface area contributed by atoms with Gasteiger partial charge in [0, 0.05) is 17.3 Å². The molecule has 1 saturated carbocycles. The molecular weight excluding hydrogens is 270 g/mol. The minimum Gasteiger partial charge on any atom is -0.348 e. The number of nitrogens with one attached hydrogen (secondary N) is 1. The largest absolute Gasteiger partial charge is 0.348 e. The predicted molar refractivity (Wildman–Crippen MR) is 85.6 cm³/mol. The molecule has 1 aliphatic rings. The van der Waals surface area contributed by atoms with Gasteiger partial charge in [-0.3, -0.25) is 0 Å². The van der Waals surface area contributed by atoms with Crippen molar-refractivity contribution >= 4 is 17.5 Å². The van der Waals surface area contributed by atoms with Crippen LogP contribution in [0.5, 0.6) is 0 Å². The van der Waals surface area contributed by atoms with E-state index in [1.165, 1.54) is 12.8 Å². The van der Waals surface area contributed by atoms with Crippen LogP contribution in [0.25, 0.3) is 0 Å². The van der Waals surface area contributed by atoms with Crippen molar-refractivity contribution in [2.24, 2.45) is 5.92 Å². The fraction of sp³-hybridized carbons (Fsp3) is 0.750. The van der Waals surface area contributed by atoms with Gasteiger partial charge in [-0.05, 0) is 37.7 Å². The van der Waals surface area contributed by atoms with E-state index in [1.807, 2.05) is 6.92 Å². The normalized spacial score (nSPS) is 26.8. The molecule has 20 heavy (non-hydrogen) atoms. The molecule has 0 aliphatic heterocycles. The molecule has 2 unspecified atom stereocenters. The fourth-order valence-electron chi connectivity index (χ4n) is 3.11. The van der Waals surface area contributed by atoms with Gasteiger partial charge in [-0.2, -0.15) is 0 Å². The van der Waals surface area contributed by atoms with E-state index in [9.17, 15) is 0 Å². The molecule has 4 heteroatoms. The lowest BCUT2D eigenvalue weighted by atomic mass is 9.77. The topological polar surface area (TPSA) is 37.8 Å². The maximum absolute atomic E-state index is 6.28. The van der Waals surface area contributed by atoms with Crippen molar-refractivity contribution in [3.05, 3.63) is 17.5 Å². The number of halogens is 1. The first-order valence-corrected chi connectivity index (χ1v) is 8.17. The van der Waals surface area contributed by atoms with Gasteiger partial charge < -0.3 is 5.32 Å². The van der Waals surface area contributed by atoms with Crippen LogP contribution in [0.2, 0.25) is 0 Å². The second-order valence-electron chi connectivity index (χ2n) is 6.65. The summed E-state index contributed by atoms with van der Waals surface area (Å²) in [5.74, 6) is 2.48. The number of alkyl halides is 1. The molecule has 0 spiro atoms. The number of nitrogens with zero attached hydrogens (tertiary/aromatic N) is 2. The van der Waals surface area contributed by atoms with Crippen molar-refractivity contribution < 1.29 is 0 Å². The summed E-state index contributed by atoms with van der Waals surface area (Å²) in [6.45, 7) is 8.64. The van der Waals surface area contributed by atoms with E-state index in [2.05, 4.69) is 42.1 Å². The van der Waals surface area contributed by atoms with Crippen molar-refractivity contribution in [1.29, 1.82) is 0 Å². The summed E-state index contributed by atoms with van der Waals surface area (Å²) in [5.41, 5.74) is 2.06. The van der Waals surface area contributed by atoms with Gasteiger partial charge in [-0.25, -0.2) is 9.97 Å². The smallest absolute Gasteiger partial charge is 0.223 e. The first kappa shape index (κ1) is 15.6. The highest BCUT2D eigenvalue weighted by Crippen LogP contribution is 2.35. The van der Waals surface area contributed by atoms with Gasteiger partial charge in [0.2, 0.25) is 5.95 Å². The van der Waals surface area contributed by atoms with E-state index < -0.39 is 0 Å². The van der Waals surface area contributed by atoms with Crippen molar-refractivity contribution in [3.8, 4) is 0 Å². The van der Waals surface area contributed by atoms with Gasteiger partial charge in [-0.15, -0.1) is 11.6 Å². The Balaban J connectivity index is 2.23. The third-order valence-electron chi connectivity index (χ3n) is 4.19. The number of anilines is 1. The number of hydrogen-bond donors (Lipinski definition) is 1. The lowest BCUT2D eigenvalue weighted by Gasteiger charge is -2.39. The molecule has 1 N–H and O–H groups in total. The maximum atomic E-state index is 6.28. The van der Waals surface area contributed by atoms with E-state index >= 15 is 0 Å². The molecule has 0 radical (unpaired) electrons. The van der Waals surface area contributed by atoms with E-state index in [0.29, 0.717) is 17.7 Å². The fourth-order valence-corrected chi connectivity index (χ4v) is 3.42. The Morgan fingerprint density at radius 1 is 1.45 bits per heavy atom. The molecule has 0 aromatic carbocycles. The zero-order valence-electron chi connectivity index (χ0n) is 13.0. The minimum absolute atomic E-state index is 0.0404. The Morgan fingerprint density at radius 2 is 2.20 bits per heavy atom. The lowest BCUT2D eigenvalue weighted by molar-refractivity contribution is 0.278. The zero-order valence-corrected chi connectivity index (χ0v) is 13.8. The Hall–Kier alpha value is -0.830. The van der Waals surface area contributed by atoms with Crippen LogP contribution in [0.4, 0.5) is 5.95 Å². The van der Waals surface area contributed by atoms with Gasteiger partial charge >= 0.3 is 0 Å². The Bertz CT molecular complexity index is 461. The van der Waals surface area contributed by atoms with Gasteiger partial charge in [-0.1, -0.05) is 33.6 Å². The SMILES string of the molecule is Cc1cc(C(C)C)nc(NC2(CCl)CCCC(C)C2)n1. The number of aryl methyl sites for hydroxylation is 1. The van der Waals surface area contributed by atoms with Gasteiger partial charge in [0.05, 0.1) is 5.54 Å². The highest BCUT2D eigenvalue weighted by Gasteiger charge is 2.34. The van der Waals surface area contributed by atoms with E-state index in [0.717, 1.165) is 30.2 Å². The first-order valence-electron chi connectivity index (χ1n) is 7.64. The van der Waals surface area contributed by atoms with Crippen LogP contribution < -0.4 is 5.32 Å². The molecule has 2 atom stereocenters. The van der Waals surface area contributed by atoms with Crippen LogP contribution in [-0.4, -0.2) is 21.4 Å². The zero-order chi connectivity index (χ0) is 14.8. The van der Waals surface area contributed by atoms with Crippen LogP contribution in [0.1, 0.15) is 63.8 Å². The van der Waals surface area contributed by atoms with Crippen molar-refractivity contribution in [1.82, 2.24) is 9.97 Å². The monoisotopic (exact) mass is 295 g/mol. The first-order chi connectivity index (χ1) is 9.44. The third-order valence-corrected chi connectivity index (χ3v) is 4.70. The molecule has 1 fully saturated rings. The summed E-state index contributed by atoms with van der Waals surface area (Å²) in [6.07, 6.45) is 4.73. The number of hydrogen-bond acceptors (Lipinski definition) is 3. The quantitative estimate of drug-likeness (QED) is 0.831. The average molecular weight is 296 g/mol. The molecule has 2 rings (SSSR count). The molecule has 0 saturated heterocycles. The molecule has 3 nitrogen and oxygen atoms in total. The summed E-state index contributed by atoms with van der Waals surface area (Å²) >= 11 is 6.28. The van der Waals surface area contributed by atoms with Crippen LogP contribution in [0, 0.1) is 12.8 Å². The highest BCUT2D eigenvalue weighted by atomic mass is 35.5. The molecule has 0 bridgehead atoms. The summed E-state index contributed by atoms with van der Waals surface area (Å²) in [4.78, 5) is 9.21. The second-order valence-corrected chi connectivity index (χ2v) is 6.92. The summed E-state index contributed by atoms with van der Waals surface area (Å²) in [7, 11) is 0. The predicted octanol–water partition coefficient (Wildman–Crippen LogP) is 4.51. The third kappa shape index (κ3) is 3.63. The van der Waals surface area contributed by atoms with E-state index in [1.54, 1.807) is 0 Å². The molecule has 112 valence electrons. The van der Waals surface area contributed by atoms with Gasteiger partial charge in [0.15, 0.2) is 0 Å². The minimum atomic E-state index is -0.0404. The molecule has 1 heterocycles. The standard InChI is InChI=1S/C16H26ClN3/c1-11(2)14-8-13(4)18-15(19-14)20-16(10-17)7-5-6-12(3)9-16/h8,11-12H,5-7,9-10H2,1-4H3,(H,18,19,20). The Morgan fingerprint density at radius 3 is 2.80 bits per heavy atom. The van der Waals surface area contributed by atoms with Crippen LogP contribution >= 0.6 is 11.6 Å². The number of aromatic nitrogens is 2. The van der Waals surface area contributed by atoms with Gasteiger partial charge in [0.25, 0.3) is 0 Å². The molecule has 0 amide bonds. The Labute approximate surface area is 127 Å². The summed E-state index contributed by atoms with van der Waals surface area (Å²) < 4.78 is 0. The second kappa shape index (κ2) is 6.30. The van der Waals surface area contributed by atoms with Crippen molar-refractivity contribution in [2.45, 2.75) is 64.8 Å². The van der Waals surface area contributed by atoms with E-state index in [4.69, 9.17) is 11.6 Å². The molecule has 1 aromatic heterocycles. The average Bonchev–Trinajstić information content (AvgIpc) is 2.38. The van der Waals surface area contributed by atoms with Gasteiger partial charge in [0.1, 0.15) is 0 Å². The summed E-state index contributed by atoms with van der Waals surface area (Å²) in [6, 6.07) is 2.06. The molecule has 1 aromatic rings. The van der Waals surface area contributed by atoms with Crippen LogP contribution in [0.15, 0.2) is 6.07 Å². The van der Waals surface area contributed by atoms with Crippen molar-refractivity contribution in [3.63, 3.8) is 0 Å². The van der Waals surface area contributed by atoms with Crippen LogP contribution in [-0.2, 0) is 0 Å². The summed E-state index contributed by atoms with van der Waals surface area (Å²) in [5, 5.41) is 3.56. The van der Waals surface area contributed by atoms with Crippen LogP contribution in [0.3, 0.4) is 0 Å². The maximum Gasteiger partial charge on any atom is 0.223 e. The molecule has 1 aliphatic carbocycles. The molecular formula is C16H26ClN3. The highest BCUT2D eigenvalue weighted by molar-refractivity contribution is 6.18. The van der Waals surface area contributed by atoms with Crippen molar-refractivity contribution in [2.75, 3.05) is 11.2 Å². The Kier molecular flexibility index (Phi) is 4.90. The number of rotatable bonds is 4. The lowest BCUT2D eigenvalue weighted by Crippen LogP contribution is -2.44.